The summed E-state index contributed by atoms with van der Waals surface area (Å²) < 4.78 is 0. The second-order valence-electron chi connectivity index (χ2n) is 5.92. The van der Waals surface area contributed by atoms with Crippen LogP contribution in [0.2, 0.25) is 0 Å². The molecule has 3 rings (SSSR count). The Kier molecular flexibility index (Phi) is 2.86. The van der Waals surface area contributed by atoms with Crippen molar-refractivity contribution in [1.82, 2.24) is 5.01 Å². The summed E-state index contributed by atoms with van der Waals surface area (Å²) >= 11 is 0. The molecule has 3 fully saturated rings. The van der Waals surface area contributed by atoms with Crippen molar-refractivity contribution >= 4 is 0 Å². The maximum absolute atomic E-state index is 11.1. The number of nitrogens with zero attached hydrogens (tertiary/aromatic N) is 2. The first kappa shape index (κ1) is 10.5. The van der Waals surface area contributed by atoms with E-state index in [4.69, 9.17) is 0 Å². The number of piperidine rings is 1. The van der Waals surface area contributed by atoms with Crippen molar-refractivity contribution in [3.05, 3.63) is 4.91 Å². The molecule has 3 nitrogen and oxygen atoms in total. The smallest absolute Gasteiger partial charge is 0.0534 e. The van der Waals surface area contributed by atoms with Crippen LogP contribution in [0.15, 0.2) is 5.29 Å². The van der Waals surface area contributed by atoms with E-state index in [0.717, 1.165) is 11.8 Å². The molecule has 0 aromatic carbocycles. The maximum Gasteiger partial charge on any atom is 0.0534 e. The standard InChI is InChI=1S/C13H22N2O/c16-14-15-12-7-3-1-5-10(12)9-11-6-2-4-8-13(11)15/h10-13H,1-9H2. The molecule has 16 heavy (non-hydrogen) atoms. The third kappa shape index (κ3) is 1.64. The molecule has 4 unspecified atom stereocenters. The predicted octanol–water partition coefficient (Wildman–Crippen LogP) is 3.49. The molecule has 3 heteroatoms. The molecule has 90 valence electrons. The normalized spacial score (nSPS) is 43.4. The largest absolute Gasteiger partial charge is 0.254 e. The van der Waals surface area contributed by atoms with E-state index in [2.05, 4.69) is 5.29 Å². The first-order chi connectivity index (χ1) is 7.90. The van der Waals surface area contributed by atoms with Crippen LogP contribution in [0.1, 0.15) is 57.8 Å². The maximum atomic E-state index is 11.1. The van der Waals surface area contributed by atoms with Gasteiger partial charge in [0.15, 0.2) is 0 Å². The highest BCUT2D eigenvalue weighted by Crippen LogP contribution is 2.45. The van der Waals surface area contributed by atoms with E-state index in [-0.39, 0.29) is 0 Å². The van der Waals surface area contributed by atoms with Gasteiger partial charge in [-0.25, -0.2) is 0 Å². The number of rotatable bonds is 1. The summed E-state index contributed by atoms with van der Waals surface area (Å²) in [6.07, 6.45) is 11.8. The van der Waals surface area contributed by atoms with Crippen molar-refractivity contribution in [2.75, 3.05) is 0 Å². The molecule has 1 aliphatic heterocycles. The summed E-state index contributed by atoms with van der Waals surface area (Å²) in [5.74, 6) is 1.54. The minimum absolute atomic E-state index is 0.491. The molecule has 0 N–H and O–H groups in total. The van der Waals surface area contributed by atoms with Crippen LogP contribution in [0, 0.1) is 16.7 Å². The van der Waals surface area contributed by atoms with Gasteiger partial charge in [0.25, 0.3) is 0 Å². The molecule has 1 saturated heterocycles. The van der Waals surface area contributed by atoms with Crippen LogP contribution in [-0.4, -0.2) is 17.1 Å². The zero-order valence-corrected chi connectivity index (χ0v) is 9.98. The minimum Gasteiger partial charge on any atom is -0.254 e. The molecule has 0 spiro atoms. The first-order valence-electron chi connectivity index (χ1n) is 7.02. The van der Waals surface area contributed by atoms with Crippen LogP contribution in [0.3, 0.4) is 0 Å². The average molecular weight is 222 g/mol. The van der Waals surface area contributed by atoms with E-state index >= 15 is 0 Å². The quantitative estimate of drug-likeness (QED) is 0.636. The Bertz CT molecular complexity index is 247. The lowest BCUT2D eigenvalue weighted by Crippen LogP contribution is -2.54. The highest BCUT2D eigenvalue weighted by Gasteiger charge is 2.44. The van der Waals surface area contributed by atoms with Crippen LogP contribution in [-0.2, 0) is 0 Å². The number of hydrogen-bond acceptors (Lipinski definition) is 2. The van der Waals surface area contributed by atoms with Gasteiger partial charge in [-0.2, -0.15) is 0 Å². The minimum atomic E-state index is 0.491. The molecular formula is C13H22N2O. The van der Waals surface area contributed by atoms with E-state index in [0.29, 0.717) is 12.1 Å². The van der Waals surface area contributed by atoms with E-state index in [9.17, 15) is 4.91 Å². The molecule has 0 aromatic rings. The van der Waals surface area contributed by atoms with E-state index in [1.807, 2.05) is 5.01 Å². The topological polar surface area (TPSA) is 32.7 Å². The van der Waals surface area contributed by atoms with E-state index in [1.54, 1.807) is 0 Å². The Morgan fingerprint density at radius 1 is 0.812 bits per heavy atom. The fourth-order valence-electron chi connectivity index (χ4n) is 4.38. The molecule has 1 heterocycles. The van der Waals surface area contributed by atoms with Crippen molar-refractivity contribution in [2.45, 2.75) is 69.9 Å². The lowest BCUT2D eigenvalue weighted by molar-refractivity contribution is -0.0386. The van der Waals surface area contributed by atoms with Crippen molar-refractivity contribution in [2.24, 2.45) is 17.1 Å². The molecule has 0 amide bonds. The second kappa shape index (κ2) is 4.34. The molecule has 4 atom stereocenters. The first-order valence-corrected chi connectivity index (χ1v) is 7.02. The van der Waals surface area contributed by atoms with Crippen molar-refractivity contribution in [3.63, 3.8) is 0 Å². The van der Waals surface area contributed by atoms with Gasteiger partial charge in [-0.3, -0.25) is 5.01 Å². The van der Waals surface area contributed by atoms with Crippen molar-refractivity contribution < 1.29 is 0 Å². The summed E-state index contributed by atoms with van der Waals surface area (Å²) in [6.45, 7) is 0. The van der Waals surface area contributed by atoms with Gasteiger partial charge in [0, 0.05) is 0 Å². The summed E-state index contributed by atoms with van der Waals surface area (Å²) in [7, 11) is 0. The number of hydrogen-bond donors (Lipinski definition) is 0. The Hall–Kier alpha value is -0.600. The van der Waals surface area contributed by atoms with Gasteiger partial charge in [0.1, 0.15) is 0 Å². The van der Waals surface area contributed by atoms with Crippen LogP contribution < -0.4 is 0 Å². The number of nitroso groups, excluding NO2 is 1. The lowest BCUT2D eigenvalue weighted by atomic mass is 9.69. The Labute approximate surface area is 97.5 Å². The highest BCUT2D eigenvalue weighted by atomic mass is 16.3. The van der Waals surface area contributed by atoms with Crippen LogP contribution in [0.4, 0.5) is 0 Å². The molecule has 0 aromatic heterocycles. The van der Waals surface area contributed by atoms with Crippen LogP contribution in [0.5, 0.6) is 0 Å². The molecule has 2 saturated carbocycles. The van der Waals surface area contributed by atoms with Gasteiger partial charge >= 0.3 is 0 Å². The van der Waals surface area contributed by atoms with E-state index in [1.165, 1.54) is 57.8 Å². The predicted molar refractivity (Wildman–Crippen MR) is 63.7 cm³/mol. The van der Waals surface area contributed by atoms with Gasteiger partial charge in [-0.1, -0.05) is 25.7 Å². The van der Waals surface area contributed by atoms with Crippen molar-refractivity contribution in [3.8, 4) is 0 Å². The summed E-state index contributed by atoms with van der Waals surface area (Å²) in [5, 5.41) is 5.38. The fourth-order valence-corrected chi connectivity index (χ4v) is 4.38. The molecule has 2 aliphatic carbocycles. The Morgan fingerprint density at radius 2 is 1.31 bits per heavy atom. The fraction of sp³-hybridized carbons (Fsp3) is 1.00. The summed E-state index contributed by atoms with van der Waals surface area (Å²) in [4.78, 5) is 11.1. The molecule has 0 bridgehead atoms. The van der Waals surface area contributed by atoms with Gasteiger partial charge < -0.3 is 0 Å². The lowest BCUT2D eigenvalue weighted by Gasteiger charge is -2.50. The van der Waals surface area contributed by atoms with Crippen molar-refractivity contribution in [1.29, 1.82) is 0 Å². The van der Waals surface area contributed by atoms with Gasteiger partial charge in [0.05, 0.1) is 17.4 Å². The average Bonchev–Trinajstić information content (AvgIpc) is 2.36. The monoisotopic (exact) mass is 222 g/mol. The molecule has 3 aliphatic rings. The second-order valence-corrected chi connectivity index (χ2v) is 5.92. The molecule has 0 radical (unpaired) electrons. The number of fused-ring (bicyclic) bond motifs is 2. The summed E-state index contributed by atoms with van der Waals surface area (Å²) in [6, 6.07) is 0.983. The molecular weight excluding hydrogens is 200 g/mol. The zero-order chi connectivity index (χ0) is 11.0. The summed E-state index contributed by atoms with van der Waals surface area (Å²) in [5.41, 5.74) is 0. The SMILES string of the molecule is O=NN1C2CCCCC2CC2CCCCC21. The van der Waals surface area contributed by atoms with Crippen LogP contribution >= 0.6 is 0 Å². The van der Waals surface area contributed by atoms with Gasteiger partial charge in [-0.15, -0.1) is 4.91 Å². The third-order valence-corrected chi connectivity index (χ3v) is 5.12. The Balaban J connectivity index is 1.81. The van der Waals surface area contributed by atoms with Gasteiger partial charge in [-0.05, 0) is 43.9 Å². The highest BCUT2D eigenvalue weighted by molar-refractivity contribution is 4.96. The Morgan fingerprint density at radius 3 is 1.81 bits per heavy atom. The zero-order valence-electron chi connectivity index (χ0n) is 9.98. The van der Waals surface area contributed by atoms with Crippen LogP contribution in [0.25, 0.3) is 0 Å². The van der Waals surface area contributed by atoms with Gasteiger partial charge in [0.2, 0.25) is 0 Å². The van der Waals surface area contributed by atoms with E-state index < -0.39 is 0 Å². The third-order valence-electron chi connectivity index (χ3n) is 5.12.